The summed E-state index contributed by atoms with van der Waals surface area (Å²) in [6, 6.07) is 16.1. The minimum Gasteiger partial charge on any atom is -0.381 e. The van der Waals surface area contributed by atoms with Gasteiger partial charge in [0, 0.05) is 18.8 Å². The second-order valence-corrected chi connectivity index (χ2v) is 7.05. The minimum atomic E-state index is -1.52. The molecule has 0 aliphatic heterocycles. The van der Waals surface area contributed by atoms with E-state index in [2.05, 4.69) is 10.4 Å². The lowest BCUT2D eigenvalue weighted by molar-refractivity contribution is -0.127. The molecule has 2 amide bonds. The molecule has 0 radical (unpaired) electrons. The first-order valence-corrected chi connectivity index (χ1v) is 9.28. The van der Waals surface area contributed by atoms with E-state index >= 15 is 0 Å². The summed E-state index contributed by atoms with van der Waals surface area (Å²) in [6.07, 6.45) is 0.357. The van der Waals surface area contributed by atoms with Crippen molar-refractivity contribution in [1.29, 1.82) is 0 Å². The summed E-state index contributed by atoms with van der Waals surface area (Å²) < 4.78 is 1.56. The van der Waals surface area contributed by atoms with Gasteiger partial charge in [-0.3, -0.25) is 14.3 Å². The number of nitrogens with two attached hydrogens (primary N) is 1. The SMILES string of the molecule is Cc1ccc(-c2nn(C)cc2C(=O)NC(Cc2ccccc2)C(O)C(N)=O)cc1. The smallest absolute Gasteiger partial charge is 0.255 e. The van der Waals surface area contributed by atoms with Crippen LogP contribution in [-0.2, 0) is 18.3 Å². The van der Waals surface area contributed by atoms with Crippen molar-refractivity contribution in [2.45, 2.75) is 25.5 Å². The van der Waals surface area contributed by atoms with Gasteiger partial charge in [-0.2, -0.15) is 5.10 Å². The first-order chi connectivity index (χ1) is 13.8. The first-order valence-electron chi connectivity index (χ1n) is 9.28. The molecule has 1 heterocycles. The summed E-state index contributed by atoms with van der Waals surface area (Å²) >= 11 is 0. The highest BCUT2D eigenvalue weighted by Crippen LogP contribution is 2.22. The van der Waals surface area contributed by atoms with Crippen LogP contribution in [0.15, 0.2) is 60.8 Å². The third-order valence-corrected chi connectivity index (χ3v) is 4.69. The zero-order chi connectivity index (χ0) is 21.0. The molecule has 1 aromatic heterocycles. The van der Waals surface area contributed by atoms with E-state index in [4.69, 9.17) is 5.73 Å². The lowest BCUT2D eigenvalue weighted by Gasteiger charge is -2.22. The van der Waals surface area contributed by atoms with E-state index in [0.29, 0.717) is 11.3 Å². The second kappa shape index (κ2) is 8.70. The van der Waals surface area contributed by atoms with Gasteiger partial charge >= 0.3 is 0 Å². The molecule has 2 unspecified atom stereocenters. The van der Waals surface area contributed by atoms with Crippen molar-refractivity contribution < 1.29 is 14.7 Å². The molecule has 0 fully saturated rings. The van der Waals surface area contributed by atoms with E-state index < -0.39 is 24.0 Å². The van der Waals surface area contributed by atoms with Crippen LogP contribution in [0.5, 0.6) is 0 Å². The summed E-state index contributed by atoms with van der Waals surface area (Å²) in [7, 11) is 1.73. The normalized spacial score (nSPS) is 12.9. The number of carbonyl (C=O) groups excluding carboxylic acids is 2. The molecule has 2 aromatic carbocycles. The third-order valence-electron chi connectivity index (χ3n) is 4.69. The van der Waals surface area contributed by atoms with Crippen LogP contribution in [0.4, 0.5) is 0 Å². The molecule has 0 bridgehead atoms. The number of aliphatic hydroxyl groups excluding tert-OH is 1. The van der Waals surface area contributed by atoms with Crippen LogP contribution in [0.1, 0.15) is 21.5 Å². The van der Waals surface area contributed by atoms with Gasteiger partial charge in [0.25, 0.3) is 5.91 Å². The van der Waals surface area contributed by atoms with Crippen molar-refractivity contribution in [3.63, 3.8) is 0 Å². The highest BCUT2D eigenvalue weighted by atomic mass is 16.3. The summed E-state index contributed by atoms with van der Waals surface area (Å²) in [5.41, 5.74) is 8.93. The number of amides is 2. The van der Waals surface area contributed by atoms with Crippen LogP contribution in [-0.4, -0.2) is 38.8 Å². The van der Waals surface area contributed by atoms with Gasteiger partial charge in [0.05, 0.1) is 11.6 Å². The fourth-order valence-electron chi connectivity index (χ4n) is 3.13. The highest BCUT2D eigenvalue weighted by Gasteiger charge is 2.28. The number of carbonyl (C=O) groups is 2. The largest absolute Gasteiger partial charge is 0.381 e. The van der Waals surface area contributed by atoms with E-state index in [9.17, 15) is 14.7 Å². The standard InChI is InChI=1S/C22H24N4O3/c1-14-8-10-16(11-9-14)19-17(13-26(2)25-19)22(29)24-18(20(27)21(23)28)12-15-6-4-3-5-7-15/h3-11,13,18,20,27H,12H2,1-2H3,(H2,23,28)(H,24,29). The average molecular weight is 392 g/mol. The van der Waals surface area contributed by atoms with E-state index in [1.807, 2.05) is 61.5 Å². The van der Waals surface area contributed by atoms with Gasteiger partial charge < -0.3 is 16.2 Å². The zero-order valence-electron chi connectivity index (χ0n) is 16.4. The molecule has 0 aliphatic carbocycles. The van der Waals surface area contributed by atoms with Crippen LogP contribution in [0.3, 0.4) is 0 Å². The Labute approximate surface area is 169 Å². The Morgan fingerprint density at radius 1 is 1.14 bits per heavy atom. The van der Waals surface area contributed by atoms with Gasteiger partial charge in [-0.1, -0.05) is 60.2 Å². The lowest BCUT2D eigenvalue weighted by atomic mass is 10.00. The number of rotatable bonds is 7. The van der Waals surface area contributed by atoms with E-state index in [1.165, 1.54) is 0 Å². The van der Waals surface area contributed by atoms with E-state index in [1.54, 1.807) is 17.9 Å². The molecule has 3 rings (SSSR count). The topological polar surface area (TPSA) is 110 Å². The molecular formula is C22H24N4O3. The molecule has 7 nitrogen and oxygen atoms in total. The zero-order valence-corrected chi connectivity index (χ0v) is 16.4. The van der Waals surface area contributed by atoms with Crippen molar-refractivity contribution in [1.82, 2.24) is 15.1 Å². The molecule has 150 valence electrons. The maximum atomic E-state index is 13.0. The molecular weight excluding hydrogens is 368 g/mol. The van der Waals surface area contributed by atoms with Crippen molar-refractivity contribution in [2.75, 3.05) is 0 Å². The Bertz CT molecular complexity index is 997. The summed E-state index contributed by atoms with van der Waals surface area (Å²) in [4.78, 5) is 24.6. The number of hydrogen-bond acceptors (Lipinski definition) is 4. The van der Waals surface area contributed by atoms with Crippen LogP contribution >= 0.6 is 0 Å². The van der Waals surface area contributed by atoms with Crippen molar-refractivity contribution in [2.24, 2.45) is 12.8 Å². The first kappa shape index (κ1) is 20.3. The molecule has 4 N–H and O–H groups in total. The predicted molar refractivity (Wildman–Crippen MR) is 110 cm³/mol. The number of aromatic nitrogens is 2. The van der Waals surface area contributed by atoms with Gasteiger partial charge in [-0.25, -0.2) is 0 Å². The van der Waals surface area contributed by atoms with E-state index in [-0.39, 0.29) is 6.42 Å². The number of nitrogens with one attached hydrogen (secondary N) is 1. The molecule has 7 heteroatoms. The summed E-state index contributed by atoms with van der Waals surface area (Å²) in [5, 5.41) is 17.4. The molecule has 3 aromatic rings. The quantitative estimate of drug-likeness (QED) is 0.567. The van der Waals surface area contributed by atoms with Crippen molar-refractivity contribution in [3.05, 3.63) is 77.5 Å². The Balaban J connectivity index is 1.88. The van der Waals surface area contributed by atoms with Crippen molar-refractivity contribution >= 4 is 11.8 Å². The number of nitrogens with zero attached hydrogens (tertiary/aromatic N) is 2. The molecule has 0 aliphatic rings. The molecule has 0 saturated carbocycles. The molecule has 29 heavy (non-hydrogen) atoms. The highest BCUT2D eigenvalue weighted by molar-refractivity contribution is 6.00. The molecule has 0 spiro atoms. The van der Waals surface area contributed by atoms with Gasteiger partial charge in [0.2, 0.25) is 5.91 Å². The van der Waals surface area contributed by atoms with Gasteiger partial charge in [-0.05, 0) is 18.9 Å². The Hall–Kier alpha value is -3.45. The number of hydrogen-bond donors (Lipinski definition) is 3. The van der Waals surface area contributed by atoms with Crippen LogP contribution in [0, 0.1) is 6.92 Å². The third kappa shape index (κ3) is 4.89. The summed E-state index contributed by atoms with van der Waals surface area (Å²) in [5.74, 6) is -1.33. The average Bonchev–Trinajstić information content (AvgIpc) is 3.10. The maximum absolute atomic E-state index is 13.0. The second-order valence-electron chi connectivity index (χ2n) is 7.05. The van der Waals surface area contributed by atoms with Gasteiger partial charge in [0.15, 0.2) is 6.10 Å². The predicted octanol–water partition coefficient (Wildman–Crippen LogP) is 1.58. The number of aryl methyl sites for hydroxylation is 2. The van der Waals surface area contributed by atoms with E-state index in [0.717, 1.165) is 16.7 Å². The number of primary amides is 1. The number of benzene rings is 2. The van der Waals surface area contributed by atoms with Crippen molar-refractivity contribution in [3.8, 4) is 11.3 Å². The Kier molecular flexibility index (Phi) is 6.09. The van der Waals surface area contributed by atoms with Crippen LogP contribution < -0.4 is 11.1 Å². The number of aliphatic hydroxyl groups is 1. The molecule has 2 atom stereocenters. The lowest BCUT2D eigenvalue weighted by Crippen LogP contribution is -2.50. The van der Waals surface area contributed by atoms with Crippen LogP contribution in [0.25, 0.3) is 11.3 Å². The Morgan fingerprint density at radius 3 is 2.41 bits per heavy atom. The molecule has 0 saturated heterocycles. The van der Waals surface area contributed by atoms with Gasteiger partial charge in [-0.15, -0.1) is 0 Å². The fourth-order valence-corrected chi connectivity index (χ4v) is 3.13. The fraction of sp³-hybridized carbons (Fsp3) is 0.227. The van der Waals surface area contributed by atoms with Crippen LogP contribution in [0.2, 0.25) is 0 Å². The Morgan fingerprint density at radius 2 is 1.79 bits per heavy atom. The minimum absolute atomic E-state index is 0.261. The summed E-state index contributed by atoms with van der Waals surface area (Å²) in [6.45, 7) is 1.98. The monoisotopic (exact) mass is 392 g/mol. The maximum Gasteiger partial charge on any atom is 0.255 e. The van der Waals surface area contributed by atoms with Gasteiger partial charge in [0.1, 0.15) is 5.69 Å².